The normalized spacial score (nSPS) is 10.5. The summed E-state index contributed by atoms with van der Waals surface area (Å²) in [5.74, 6) is 2.94. The van der Waals surface area contributed by atoms with Gasteiger partial charge in [0.25, 0.3) is 0 Å². The van der Waals surface area contributed by atoms with E-state index in [9.17, 15) is 0 Å². The number of hydrogen-bond acceptors (Lipinski definition) is 4. The second-order valence-electron chi connectivity index (χ2n) is 4.98. The third-order valence-electron chi connectivity index (χ3n) is 3.03. The van der Waals surface area contributed by atoms with E-state index in [2.05, 4.69) is 54.1 Å². The molecule has 0 unspecified atom stereocenters. The van der Waals surface area contributed by atoms with Crippen LogP contribution in [0.15, 0.2) is 6.07 Å². The van der Waals surface area contributed by atoms with Gasteiger partial charge in [-0.25, -0.2) is 9.97 Å². The average Bonchev–Trinajstić information content (AvgIpc) is 2.42. The zero-order valence-corrected chi connectivity index (χ0v) is 12.9. The molecule has 0 bridgehead atoms. The lowest BCUT2D eigenvalue weighted by molar-refractivity contribution is 0.749. The Morgan fingerprint density at radius 1 is 1.11 bits per heavy atom. The van der Waals surface area contributed by atoms with Crippen molar-refractivity contribution in [1.29, 1.82) is 0 Å². The van der Waals surface area contributed by atoms with E-state index in [0.717, 1.165) is 49.8 Å². The van der Waals surface area contributed by atoms with Crippen LogP contribution in [0.5, 0.6) is 0 Å². The van der Waals surface area contributed by atoms with Gasteiger partial charge in [-0.2, -0.15) is 0 Å². The largest absolute Gasteiger partial charge is 0.370 e. The molecular formula is C15H28N4. The summed E-state index contributed by atoms with van der Waals surface area (Å²) in [6, 6.07) is 2.06. The lowest BCUT2D eigenvalue weighted by atomic mass is 10.3. The van der Waals surface area contributed by atoms with Gasteiger partial charge in [0.1, 0.15) is 17.5 Å². The van der Waals surface area contributed by atoms with E-state index in [1.165, 1.54) is 12.8 Å². The maximum Gasteiger partial charge on any atom is 0.134 e. The van der Waals surface area contributed by atoms with Gasteiger partial charge >= 0.3 is 0 Å². The van der Waals surface area contributed by atoms with Crippen LogP contribution in [0.2, 0.25) is 0 Å². The van der Waals surface area contributed by atoms with Gasteiger partial charge in [-0.3, -0.25) is 0 Å². The van der Waals surface area contributed by atoms with Gasteiger partial charge < -0.3 is 10.2 Å². The molecule has 0 aromatic carbocycles. The number of aryl methyl sites for hydroxylation is 1. The number of hydrogen-bond donors (Lipinski definition) is 1. The molecule has 108 valence electrons. The molecule has 0 atom stereocenters. The molecule has 1 N–H and O–H groups in total. The van der Waals surface area contributed by atoms with Gasteiger partial charge in [0, 0.05) is 32.6 Å². The highest BCUT2D eigenvalue weighted by Gasteiger charge is 2.07. The Kier molecular flexibility index (Phi) is 7.23. The standard InChI is InChI=1S/C15H28N4/c1-5-8-11-19(4)15-12-14(16-10-7-3)17-13(18-15)9-6-2/h12H,5-11H2,1-4H3,(H,16,17,18). The first kappa shape index (κ1) is 15.7. The molecule has 19 heavy (non-hydrogen) atoms. The molecule has 1 heterocycles. The molecule has 1 rings (SSSR count). The van der Waals surface area contributed by atoms with Gasteiger partial charge in [0.2, 0.25) is 0 Å². The number of nitrogens with zero attached hydrogens (tertiary/aromatic N) is 3. The van der Waals surface area contributed by atoms with Crippen LogP contribution >= 0.6 is 0 Å². The highest BCUT2D eigenvalue weighted by atomic mass is 15.2. The lowest BCUT2D eigenvalue weighted by Gasteiger charge is -2.19. The van der Waals surface area contributed by atoms with Gasteiger partial charge in [-0.05, 0) is 19.3 Å². The predicted octanol–water partition coefficient (Wildman–Crippen LogP) is 3.49. The molecule has 4 nitrogen and oxygen atoms in total. The van der Waals surface area contributed by atoms with Gasteiger partial charge in [0.15, 0.2) is 0 Å². The van der Waals surface area contributed by atoms with Crippen LogP contribution < -0.4 is 10.2 Å². The summed E-state index contributed by atoms with van der Waals surface area (Å²) in [4.78, 5) is 11.5. The highest BCUT2D eigenvalue weighted by Crippen LogP contribution is 2.16. The lowest BCUT2D eigenvalue weighted by Crippen LogP contribution is -2.21. The monoisotopic (exact) mass is 264 g/mol. The van der Waals surface area contributed by atoms with Crippen molar-refractivity contribution in [2.75, 3.05) is 30.4 Å². The topological polar surface area (TPSA) is 41.0 Å². The summed E-state index contributed by atoms with van der Waals surface area (Å²) in [5.41, 5.74) is 0. The van der Waals surface area contributed by atoms with E-state index in [0.29, 0.717) is 0 Å². The summed E-state index contributed by atoms with van der Waals surface area (Å²) >= 11 is 0. The fourth-order valence-electron chi connectivity index (χ4n) is 1.87. The van der Waals surface area contributed by atoms with Crippen molar-refractivity contribution in [1.82, 2.24) is 9.97 Å². The summed E-state index contributed by atoms with van der Waals surface area (Å²) in [6.45, 7) is 8.54. The molecule has 0 aliphatic rings. The molecule has 0 spiro atoms. The number of unbranched alkanes of at least 4 members (excludes halogenated alkanes) is 1. The fourth-order valence-corrected chi connectivity index (χ4v) is 1.87. The SMILES string of the molecule is CCCCN(C)c1cc(NCCC)nc(CCC)n1. The van der Waals surface area contributed by atoms with Gasteiger partial charge in [0.05, 0.1) is 0 Å². The van der Waals surface area contributed by atoms with E-state index >= 15 is 0 Å². The third-order valence-corrected chi connectivity index (χ3v) is 3.03. The second kappa shape index (κ2) is 8.73. The maximum atomic E-state index is 4.66. The Hall–Kier alpha value is -1.32. The molecule has 4 heteroatoms. The Morgan fingerprint density at radius 2 is 1.89 bits per heavy atom. The quantitative estimate of drug-likeness (QED) is 0.741. The second-order valence-corrected chi connectivity index (χ2v) is 4.98. The van der Waals surface area contributed by atoms with Crippen molar-refractivity contribution >= 4 is 11.6 Å². The first-order chi connectivity index (χ1) is 9.21. The Balaban J connectivity index is 2.84. The first-order valence-corrected chi connectivity index (χ1v) is 7.54. The molecule has 0 aliphatic heterocycles. The third kappa shape index (κ3) is 5.45. The summed E-state index contributed by atoms with van der Waals surface area (Å²) in [5, 5.41) is 3.37. The van der Waals surface area contributed by atoms with Crippen molar-refractivity contribution in [3.8, 4) is 0 Å². The Labute approximate surface area is 117 Å². The van der Waals surface area contributed by atoms with Crippen molar-refractivity contribution < 1.29 is 0 Å². The molecule has 0 amide bonds. The minimum Gasteiger partial charge on any atom is -0.370 e. The molecule has 0 fully saturated rings. The summed E-state index contributed by atoms with van der Waals surface area (Å²) in [6.07, 6.45) is 5.53. The summed E-state index contributed by atoms with van der Waals surface area (Å²) < 4.78 is 0. The van der Waals surface area contributed by atoms with Crippen LogP contribution in [0.25, 0.3) is 0 Å². The Bertz CT molecular complexity index is 365. The molecule has 0 saturated heterocycles. The molecule has 1 aromatic rings. The Morgan fingerprint density at radius 3 is 2.53 bits per heavy atom. The molecule has 1 aromatic heterocycles. The van der Waals surface area contributed by atoms with E-state index in [4.69, 9.17) is 0 Å². The van der Waals surface area contributed by atoms with Crippen molar-refractivity contribution in [3.63, 3.8) is 0 Å². The fraction of sp³-hybridized carbons (Fsp3) is 0.733. The molecule has 0 radical (unpaired) electrons. The predicted molar refractivity (Wildman–Crippen MR) is 83.0 cm³/mol. The van der Waals surface area contributed by atoms with Crippen molar-refractivity contribution in [2.45, 2.75) is 52.9 Å². The highest BCUT2D eigenvalue weighted by molar-refractivity contribution is 5.49. The number of anilines is 2. The zero-order chi connectivity index (χ0) is 14.1. The van der Waals surface area contributed by atoms with Crippen LogP contribution in [-0.4, -0.2) is 30.1 Å². The van der Waals surface area contributed by atoms with Crippen molar-refractivity contribution in [2.24, 2.45) is 0 Å². The van der Waals surface area contributed by atoms with Crippen LogP contribution in [0.1, 0.15) is 52.3 Å². The molecule has 0 saturated carbocycles. The first-order valence-electron chi connectivity index (χ1n) is 7.54. The smallest absolute Gasteiger partial charge is 0.134 e. The minimum absolute atomic E-state index is 0.941. The van der Waals surface area contributed by atoms with Crippen LogP contribution in [0, 0.1) is 0 Å². The number of nitrogens with one attached hydrogen (secondary N) is 1. The number of rotatable bonds is 9. The van der Waals surface area contributed by atoms with Crippen LogP contribution in [0.3, 0.4) is 0 Å². The summed E-state index contributed by atoms with van der Waals surface area (Å²) in [7, 11) is 2.11. The van der Waals surface area contributed by atoms with E-state index in [1.807, 2.05) is 0 Å². The van der Waals surface area contributed by atoms with Crippen molar-refractivity contribution in [3.05, 3.63) is 11.9 Å². The van der Waals surface area contributed by atoms with E-state index < -0.39 is 0 Å². The maximum absolute atomic E-state index is 4.66. The molecular weight excluding hydrogens is 236 g/mol. The number of aromatic nitrogens is 2. The van der Waals surface area contributed by atoms with E-state index in [-0.39, 0.29) is 0 Å². The van der Waals surface area contributed by atoms with Gasteiger partial charge in [-0.1, -0.05) is 27.2 Å². The van der Waals surface area contributed by atoms with E-state index in [1.54, 1.807) is 0 Å². The zero-order valence-electron chi connectivity index (χ0n) is 12.9. The van der Waals surface area contributed by atoms with Crippen LogP contribution in [0.4, 0.5) is 11.6 Å². The molecule has 0 aliphatic carbocycles. The van der Waals surface area contributed by atoms with Crippen LogP contribution in [-0.2, 0) is 6.42 Å². The minimum atomic E-state index is 0.941. The average molecular weight is 264 g/mol. The van der Waals surface area contributed by atoms with Gasteiger partial charge in [-0.15, -0.1) is 0 Å².